The first kappa shape index (κ1) is 28.0. The lowest BCUT2D eigenvalue weighted by Crippen LogP contribution is -2.10. The third-order valence-electron chi connectivity index (χ3n) is 7.37. The number of hydrogen-bond donors (Lipinski definition) is 3. The van der Waals surface area contributed by atoms with Gasteiger partial charge in [0.15, 0.2) is 23.5 Å². The molecule has 0 aliphatic heterocycles. The summed E-state index contributed by atoms with van der Waals surface area (Å²) in [4.78, 5) is 47.4. The van der Waals surface area contributed by atoms with E-state index >= 15 is 0 Å². The highest BCUT2D eigenvalue weighted by Gasteiger charge is 2.23. The Kier molecular flexibility index (Phi) is 7.38. The fourth-order valence-electron chi connectivity index (χ4n) is 5.12. The molecule has 1 aliphatic rings. The first-order chi connectivity index (χ1) is 21.3. The maximum atomic E-state index is 12.4. The van der Waals surface area contributed by atoms with Gasteiger partial charge in [-0.05, 0) is 66.6 Å². The lowest BCUT2D eigenvalue weighted by molar-refractivity contribution is 0.0988. The molecule has 1 aliphatic carbocycles. The zero-order valence-corrected chi connectivity index (χ0v) is 23.3. The molecule has 0 radical (unpaired) electrons. The number of Topliss-reactive ketones (excluding diaryl/α,β-unsaturated/α-hetero) is 1. The van der Waals surface area contributed by atoms with Crippen LogP contribution in [-0.2, 0) is 6.42 Å². The molecule has 10 nitrogen and oxygen atoms in total. The second kappa shape index (κ2) is 11.6. The Morgan fingerprint density at radius 3 is 2.45 bits per heavy atom. The molecule has 0 bridgehead atoms. The zero-order chi connectivity index (χ0) is 30.8. The standard InChI is InChI=1S/C26H19N5O.C8H7NO3/c27-24-19(7-4-14-28-24)25-30-22-12-11-21(17-5-2-1-3-6-17)29-26(22)31(25)18-10-8-16-9-13-23(32)20(16)15-18;9-8(12)5-1-2-7(11)6(3-5)4-10/h1-8,10-12,14-15H,9,13H2,(H2,27,28);1-4,11H,(H2,9,12). The Morgan fingerprint density at radius 2 is 1.70 bits per heavy atom. The van der Waals surface area contributed by atoms with Gasteiger partial charge in [-0.2, -0.15) is 0 Å². The predicted molar refractivity (Wildman–Crippen MR) is 167 cm³/mol. The van der Waals surface area contributed by atoms with Gasteiger partial charge in [-0.3, -0.25) is 19.0 Å². The average molecular weight is 583 g/mol. The molecule has 3 aromatic carbocycles. The van der Waals surface area contributed by atoms with Crippen molar-refractivity contribution in [1.29, 1.82) is 0 Å². The number of benzene rings is 3. The van der Waals surface area contributed by atoms with E-state index in [2.05, 4.69) is 4.98 Å². The van der Waals surface area contributed by atoms with Gasteiger partial charge in [-0.25, -0.2) is 15.0 Å². The van der Waals surface area contributed by atoms with Gasteiger partial charge in [0.2, 0.25) is 5.91 Å². The van der Waals surface area contributed by atoms with Crippen molar-refractivity contribution in [3.05, 3.63) is 119 Å². The number of phenolic OH excluding ortho intramolecular Hbond substituents is 1. The molecular weight excluding hydrogens is 556 g/mol. The molecule has 5 N–H and O–H groups in total. The molecule has 3 heterocycles. The Balaban J connectivity index is 0.000000242. The number of aldehydes is 1. The summed E-state index contributed by atoms with van der Waals surface area (Å²) >= 11 is 0. The van der Waals surface area contributed by atoms with E-state index in [1.165, 1.54) is 18.2 Å². The van der Waals surface area contributed by atoms with E-state index < -0.39 is 5.91 Å². The van der Waals surface area contributed by atoms with Crippen LogP contribution in [0.2, 0.25) is 0 Å². The van der Waals surface area contributed by atoms with Gasteiger partial charge in [-0.15, -0.1) is 0 Å². The van der Waals surface area contributed by atoms with Gasteiger partial charge in [0.25, 0.3) is 0 Å². The normalized spacial score (nSPS) is 12.0. The van der Waals surface area contributed by atoms with Crippen LogP contribution in [0.4, 0.5) is 5.82 Å². The van der Waals surface area contributed by atoms with Gasteiger partial charge >= 0.3 is 0 Å². The molecule has 7 rings (SSSR count). The molecular formula is C34H26N6O4. The minimum atomic E-state index is -0.627. The van der Waals surface area contributed by atoms with Crippen molar-refractivity contribution in [2.75, 3.05) is 5.73 Å². The van der Waals surface area contributed by atoms with Crippen molar-refractivity contribution in [3.8, 4) is 34.1 Å². The van der Waals surface area contributed by atoms with Crippen molar-refractivity contribution in [2.24, 2.45) is 5.73 Å². The van der Waals surface area contributed by atoms with E-state index in [1.807, 2.05) is 77.4 Å². The Morgan fingerprint density at radius 1 is 0.886 bits per heavy atom. The van der Waals surface area contributed by atoms with Crippen molar-refractivity contribution in [3.63, 3.8) is 0 Å². The number of fused-ring (bicyclic) bond motifs is 2. The quantitative estimate of drug-likeness (QED) is 0.234. The van der Waals surface area contributed by atoms with Gasteiger partial charge < -0.3 is 16.6 Å². The van der Waals surface area contributed by atoms with Gasteiger partial charge in [0, 0.05) is 35.0 Å². The van der Waals surface area contributed by atoms with E-state index in [-0.39, 0.29) is 22.7 Å². The van der Waals surface area contributed by atoms with Crippen LogP contribution in [0.3, 0.4) is 0 Å². The number of primary amides is 1. The topological polar surface area (TPSA) is 167 Å². The summed E-state index contributed by atoms with van der Waals surface area (Å²) in [5.41, 5.74) is 18.2. The van der Waals surface area contributed by atoms with Crippen molar-refractivity contribution < 1.29 is 19.5 Å². The number of amides is 1. The van der Waals surface area contributed by atoms with Crippen LogP contribution in [0.15, 0.2) is 97.2 Å². The molecule has 3 aromatic heterocycles. The lowest BCUT2D eigenvalue weighted by atomic mass is 10.1. The number of anilines is 1. The predicted octanol–water partition coefficient (Wildman–Crippen LogP) is 5.16. The summed E-state index contributed by atoms with van der Waals surface area (Å²) in [6.07, 6.45) is 3.47. The van der Waals surface area contributed by atoms with Crippen LogP contribution in [0.5, 0.6) is 5.75 Å². The summed E-state index contributed by atoms with van der Waals surface area (Å²) in [7, 11) is 0. The number of ketones is 1. The van der Waals surface area contributed by atoms with Crippen LogP contribution in [0.1, 0.15) is 43.1 Å². The number of nitrogens with zero attached hydrogens (tertiary/aromatic N) is 4. The fraction of sp³-hybridized carbons (Fsp3) is 0.0588. The summed E-state index contributed by atoms with van der Waals surface area (Å²) in [5.74, 6) is 0.429. The number of pyridine rings is 2. The first-order valence-corrected chi connectivity index (χ1v) is 13.7. The summed E-state index contributed by atoms with van der Waals surface area (Å²) in [5, 5.41) is 9.03. The van der Waals surface area contributed by atoms with Gasteiger partial charge in [-0.1, -0.05) is 36.4 Å². The van der Waals surface area contributed by atoms with Crippen molar-refractivity contribution in [2.45, 2.75) is 12.8 Å². The molecule has 0 atom stereocenters. The van der Waals surface area contributed by atoms with E-state index in [9.17, 15) is 14.4 Å². The van der Waals surface area contributed by atoms with Crippen LogP contribution < -0.4 is 11.5 Å². The summed E-state index contributed by atoms with van der Waals surface area (Å²) in [6.45, 7) is 0. The van der Waals surface area contributed by atoms with E-state index in [4.69, 9.17) is 26.5 Å². The highest BCUT2D eigenvalue weighted by atomic mass is 16.3. The number of aromatic nitrogens is 4. The third-order valence-corrected chi connectivity index (χ3v) is 7.37. The minimum Gasteiger partial charge on any atom is -0.507 e. The maximum absolute atomic E-state index is 12.4. The maximum Gasteiger partial charge on any atom is 0.248 e. The molecule has 216 valence electrons. The number of nitrogen functional groups attached to an aromatic ring is 1. The number of hydrogen-bond acceptors (Lipinski definition) is 8. The Labute approximate surface area is 251 Å². The molecule has 0 saturated heterocycles. The van der Waals surface area contributed by atoms with Gasteiger partial charge in [0.05, 0.1) is 16.8 Å². The molecule has 0 fully saturated rings. The molecule has 1 amide bonds. The number of carbonyl (C=O) groups excluding carboxylic acids is 3. The van der Waals surface area contributed by atoms with E-state index in [0.717, 1.165) is 45.6 Å². The number of phenols is 1. The number of rotatable bonds is 5. The minimum absolute atomic E-state index is 0.0614. The highest BCUT2D eigenvalue weighted by molar-refractivity contribution is 6.01. The Bertz CT molecular complexity index is 2070. The molecule has 44 heavy (non-hydrogen) atoms. The SMILES string of the molecule is NC(=O)c1ccc(O)c(C=O)c1.Nc1ncccc1-c1nc2ccc(-c3ccccc3)nc2n1-c1ccc2c(c1)C(=O)CC2. The first-order valence-electron chi connectivity index (χ1n) is 13.7. The second-order valence-electron chi connectivity index (χ2n) is 10.1. The third kappa shape index (κ3) is 5.27. The zero-order valence-electron chi connectivity index (χ0n) is 23.3. The summed E-state index contributed by atoms with van der Waals surface area (Å²) in [6, 6.07) is 27.5. The van der Waals surface area contributed by atoms with Gasteiger partial charge in [0.1, 0.15) is 17.1 Å². The van der Waals surface area contributed by atoms with Crippen molar-refractivity contribution >= 4 is 35.0 Å². The number of carbonyl (C=O) groups is 3. The number of nitrogens with two attached hydrogens (primary N) is 2. The highest BCUT2D eigenvalue weighted by Crippen LogP contribution is 2.33. The van der Waals surface area contributed by atoms with Crippen LogP contribution in [0, 0.1) is 0 Å². The number of aryl methyl sites for hydroxylation is 1. The smallest absolute Gasteiger partial charge is 0.248 e. The van der Waals surface area contributed by atoms with Crippen molar-refractivity contribution in [1.82, 2.24) is 19.5 Å². The van der Waals surface area contributed by atoms with E-state index in [0.29, 0.717) is 30.0 Å². The fourth-order valence-corrected chi connectivity index (χ4v) is 5.12. The van der Waals surface area contributed by atoms with Crippen LogP contribution >= 0.6 is 0 Å². The molecule has 0 unspecified atom stereocenters. The molecule has 0 saturated carbocycles. The molecule has 0 spiro atoms. The van der Waals surface area contributed by atoms with E-state index in [1.54, 1.807) is 6.20 Å². The number of imidazole rings is 1. The number of aromatic hydroxyl groups is 1. The molecule has 6 aromatic rings. The monoisotopic (exact) mass is 582 g/mol. The lowest BCUT2D eigenvalue weighted by Gasteiger charge is -2.12. The van der Waals surface area contributed by atoms with Crippen LogP contribution in [0.25, 0.3) is 39.5 Å². The average Bonchev–Trinajstić information content (AvgIpc) is 3.61. The largest absolute Gasteiger partial charge is 0.507 e. The Hall–Kier alpha value is -6.16. The second-order valence-corrected chi connectivity index (χ2v) is 10.1. The molecule has 10 heteroatoms. The van der Waals surface area contributed by atoms with Crippen LogP contribution in [-0.4, -0.2) is 42.6 Å². The summed E-state index contributed by atoms with van der Waals surface area (Å²) < 4.78 is 1.97.